The molecule has 148 valence electrons. The van der Waals surface area contributed by atoms with Gasteiger partial charge in [-0.05, 0) is 36.4 Å². The van der Waals surface area contributed by atoms with Crippen LogP contribution in [-0.4, -0.2) is 24.7 Å². The van der Waals surface area contributed by atoms with Crippen molar-refractivity contribution in [2.24, 2.45) is 0 Å². The molecular formula is C23H21N7. The van der Waals surface area contributed by atoms with E-state index in [0.29, 0.717) is 11.6 Å². The van der Waals surface area contributed by atoms with Crippen LogP contribution in [0, 0.1) is 0 Å². The second-order valence-electron chi connectivity index (χ2n) is 7.00. The van der Waals surface area contributed by atoms with Crippen molar-refractivity contribution in [2.75, 3.05) is 11.1 Å². The molecule has 3 heterocycles. The Morgan fingerprint density at radius 1 is 0.933 bits per heavy atom. The molecule has 0 saturated carbocycles. The van der Waals surface area contributed by atoms with Crippen LogP contribution in [0.3, 0.4) is 0 Å². The van der Waals surface area contributed by atoms with Crippen molar-refractivity contribution in [1.82, 2.24) is 24.7 Å². The van der Waals surface area contributed by atoms with Crippen LogP contribution in [0.2, 0.25) is 0 Å². The molecule has 0 atom stereocenters. The monoisotopic (exact) mass is 395 g/mol. The average Bonchev–Trinajstić information content (AvgIpc) is 3.33. The van der Waals surface area contributed by atoms with Gasteiger partial charge in [-0.1, -0.05) is 36.4 Å². The van der Waals surface area contributed by atoms with E-state index in [2.05, 4.69) is 31.1 Å². The molecule has 0 saturated heterocycles. The number of benzene rings is 2. The summed E-state index contributed by atoms with van der Waals surface area (Å²) < 4.78 is 2.18. The summed E-state index contributed by atoms with van der Waals surface area (Å²) in [6, 6.07) is 24.0. The zero-order valence-corrected chi connectivity index (χ0v) is 16.3. The SMILES string of the molecule is Nc1[nH]nc(Nc2ccccc2)c1-c1nc2ccccc2n1CCc1ccccn1. The van der Waals surface area contributed by atoms with Gasteiger partial charge >= 0.3 is 0 Å². The summed E-state index contributed by atoms with van der Waals surface area (Å²) in [6.45, 7) is 0.724. The summed E-state index contributed by atoms with van der Waals surface area (Å²) in [4.78, 5) is 9.35. The fourth-order valence-electron chi connectivity index (χ4n) is 3.60. The van der Waals surface area contributed by atoms with Crippen molar-refractivity contribution >= 4 is 28.4 Å². The minimum atomic E-state index is 0.475. The fraction of sp³-hybridized carbons (Fsp3) is 0.0870. The van der Waals surface area contributed by atoms with Crippen molar-refractivity contribution in [3.05, 3.63) is 84.7 Å². The van der Waals surface area contributed by atoms with Crippen LogP contribution < -0.4 is 11.1 Å². The van der Waals surface area contributed by atoms with Gasteiger partial charge < -0.3 is 15.6 Å². The van der Waals surface area contributed by atoms with Crippen LogP contribution in [0.25, 0.3) is 22.4 Å². The molecule has 0 aliphatic rings. The van der Waals surface area contributed by atoms with E-state index in [1.807, 2.05) is 72.9 Å². The lowest BCUT2D eigenvalue weighted by molar-refractivity contribution is 0.711. The van der Waals surface area contributed by atoms with Crippen molar-refractivity contribution in [3.8, 4) is 11.4 Å². The summed E-state index contributed by atoms with van der Waals surface area (Å²) in [5.74, 6) is 1.90. The molecule has 0 bridgehead atoms. The Morgan fingerprint density at radius 2 is 1.73 bits per heavy atom. The topological polar surface area (TPSA) is 97.4 Å². The Kier molecular flexibility index (Phi) is 4.61. The predicted molar refractivity (Wildman–Crippen MR) is 119 cm³/mol. The zero-order valence-electron chi connectivity index (χ0n) is 16.3. The molecular weight excluding hydrogens is 374 g/mol. The number of nitrogens with one attached hydrogen (secondary N) is 2. The first-order valence-electron chi connectivity index (χ1n) is 9.81. The average molecular weight is 395 g/mol. The number of imidazole rings is 1. The zero-order chi connectivity index (χ0) is 20.3. The van der Waals surface area contributed by atoms with Gasteiger partial charge in [0.15, 0.2) is 5.82 Å². The third-order valence-corrected chi connectivity index (χ3v) is 5.03. The summed E-state index contributed by atoms with van der Waals surface area (Å²) in [7, 11) is 0. The number of nitrogen functional groups attached to an aromatic ring is 1. The molecule has 0 aliphatic heterocycles. The number of rotatable bonds is 6. The van der Waals surface area contributed by atoms with Gasteiger partial charge in [0.2, 0.25) is 0 Å². The van der Waals surface area contributed by atoms with Gasteiger partial charge in [-0.3, -0.25) is 10.1 Å². The Bertz CT molecular complexity index is 1270. The molecule has 0 radical (unpaired) electrons. The maximum absolute atomic E-state index is 6.30. The number of aromatic nitrogens is 5. The van der Waals surface area contributed by atoms with Crippen LogP contribution in [-0.2, 0) is 13.0 Å². The Balaban J connectivity index is 1.58. The van der Waals surface area contributed by atoms with Crippen LogP contribution >= 0.6 is 0 Å². The number of aryl methyl sites for hydroxylation is 2. The fourth-order valence-corrected chi connectivity index (χ4v) is 3.60. The number of nitrogens with two attached hydrogens (primary N) is 1. The second-order valence-corrected chi connectivity index (χ2v) is 7.00. The molecule has 0 spiro atoms. The Hall–Kier alpha value is -4.13. The minimum Gasteiger partial charge on any atom is -0.383 e. The first kappa shape index (κ1) is 17.9. The van der Waals surface area contributed by atoms with Gasteiger partial charge in [0.1, 0.15) is 17.2 Å². The lowest BCUT2D eigenvalue weighted by Crippen LogP contribution is -2.06. The number of fused-ring (bicyclic) bond motifs is 1. The number of H-pyrrole nitrogens is 1. The highest BCUT2D eigenvalue weighted by molar-refractivity contribution is 5.88. The summed E-state index contributed by atoms with van der Waals surface area (Å²) in [5, 5.41) is 10.6. The van der Waals surface area contributed by atoms with Crippen LogP contribution in [0.4, 0.5) is 17.3 Å². The van der Waals surface area contributed by atoms with Crippen LogP contribution in [0.5, 0.6) is 0 Å². The standard InChI is InChI=1S/C23H21N7/c24-21-20(22(29-28-21)26-17-9-2-1-3-10-17)23-27-18-11-4-5-12-19(18)30(23)15-13-16-8-6-7-14-25-16/h1-12,14H,13,15H2,(H4,24,26,28,29). The minimum absolute atomic E-state index is 0.475. The number of hydrogen-bond acceptors (Lipinski definition) is 5. The highest BCUT2D eigenvalue weighted by Gasteiger charge is 2.21. The number of aromatic amines is 1. The van der Waals surface area contributed by atoms with E-state index in [1.54, 1.807) is 0 Å². The molecule has 30 heavy (non-hydrogen) atoms. The normalized spacial score (nSPS) is 11.1. The van der Waals surface area contributed by atoms with Gasteiger partial charge in [0.05, 0.1) is 11.0 Å². The number of para-hydroxylation sites is 3. The van der Waals surface area contributed by atoms with E-state index < -0.39 is 0 Å². The molecule has 0 aliphatic carbocycles. The smallest absolute Gasteiger partial charge is 0.165 e. The van der Waals surface area contributed by atoms with E-state index in [1.165, 1.54) is 0 Å². The molecule has 2 aromatic carbocycles. The molecule has 0 amide bonds. The molecule has 4 N–H and O–H groups in total. The number of nitrogens with zero attached hydrogens (tertiary/aromatic N) is 4. The lowest BCUT2D eigenvalue weighted by Gasteiger charge is -2.11. The first-order chi connectivity index (χ1) is 14.8. The summed E-state index contributed by atoms with van der Waals surface area (Å²) >= 11 is 0. The van der Waals surface area contributed by atoms with Gasteiger partial charge in [0.25, 0.3) is 0 Å². The highest BCUT2D eigenvalue weighted by atomic mass is 15.2. The molecule has 7 heteroatoms. The first-order valence-corrected chi connectivity index (χ1v) is 9.81. The third-order valence-electron chi connectivity index (χ3n) is 5.03. The number of hydrogen-bond donors (Lipinski definition) is 3. The number of anilines is 3. The summed E-state index contributed by atoms with van der Waals surface area (Å²) in [5.41, 5.74) is 11.0. The van der Waals surface area contributed by atoms with Crippen molar-refractivity contribution in [1.29, 1.82) is 0 Å². The Morgan fingerprint density at radius 3 is 2.57 bits per heavy atom. The van der Waals surface area contributed by atoms with Gasteiger partial charge in [-0.2, -0.15) is 5.10 Å². The molecule has 7 nitrogen and oxygen atoms in total. The van der Waals surface area contributed by atoms with Crippen LogP contribution in [0.1, 0.15) is 5.69 Å². The quantitative estimate of drug-likeness (QED) is 0.396. The number of pyridine rings is 1. The molecule has 0 fully saturated rings. The third kappa shape index (κ3) is 3.37. The lowest BCUT2D eigenvalue weighted by atomic mass is 10.2. The van der Waals surface area contributed by atoms with E-state index >= 15 is 0 Å². The Labute approximate surface area is 173 Å². The summed E-state index contributed by atoms with van der Waals surface area (Å²) in [6.07, 6.45) is 2.60. The van der Waals surface area contributed by atoms with E-state index in [9.17, 15) is 0 Å². The maximum atomic E-state index is 6.30. The molecule has 5 rings (SSSR count). The predicted octanol–water partition coefficient (Wildman–Crippen LogP) is 4.39. The molecule has 0 unspecified atom stereocenters. The van der Waals surface area contributed by atoms with Gasteiger partial charge in [-0.25, -0.2) is 4.98 Å². The second kappa shape index (κ2) is 7.71. The largest absolute Gasteiger partial charge is 0.383 e. The molecule has 3 aromatic heterocycles. The van der Waals surface area contributed by atoms with Crippen LogP contribution in [0.15, 0.2) is 79.0 Å². The van der Waals surface area contributed by atoms with Gasteiger partial charge in [-0.15, -0.1) is 0 Å². The van der Waals surface area contributed by atoms with Crippen molar-refractivity contribution in [3.63, 3.8) is 0 Å². The van der Waals surface area contributed by atoms with Crippen molar-refractivity contribution < 1.29 is 0 Å². The van der Waals surface area contributed by atoms with E-state index in [-0.39, 0.29) is 0 Å². The molecule has 5 aromatic rings. The highest BCUT2D eigenvalue weighted by Crippen LogP contribution is 2.35. The van der Waals surface area contributed by atoms with E-state index in [4.69, 9.17) is 10.7 Å². The van der Waals surface area contributed by atoms with Gasteiger partial charge in [0, 0.05) is 30.5 Å². The van der Waals surface area contributed by atoms with Crippen molar-refractivity contribution in [2.45, 2.75) is 13.0 Å². The maximum Gasteiger partial charge on any atom is 0.165 e. The van der Waals surface area contributed by atoms with E-state index in [0.717, 1.165) is 46.8 Å².